The smallest absolute Gasteiger partial charge is 0.211 e. The van der Waals surface area contributed by atoms with Gasteiger partial charge in [-0.25, -0.2) is 4.52 Å². The van der Waals surface area contributed by atoms with Crippen LogP contribution in [0.1, 0.15) is 5.56 Å². The van der Waals surface area contributed by atoms with Crippen molar-refractivity contribution in [3.05, 3.63) is 54.2 Å². The second kappa shape index (κ2) is 4.57. The molecule has 0 atom stereocenters. The van der Waals surface area contributed by atoms with Crippen LogP contribution < -0.4 is 5.32 Å². The molecule has 2 aromatic heterocycles. The van der Waals surface area contributed by atoms with Crippen molar-refractivity contribution < 1.29 is 4.79 Å². The zero-order chi connectivity index (χ0) is 13.2. The first-order valence-electron chi connectivity index (χ1n) is 6.04. The number of rotatable bonds is 3. The first-order chi connectivity index (χ1) is 9.29. The molecule has 0 saturated heterocycles. The van der Waals surface area contributed by atoms with Crippen molar-refractivity contribution in [2.75, 3.05) is 5.32 Å². The molecule has 4 heteroatoms. The van der Waals surface area contributed by atoms with E-state index in [0.29, 0.717) is 6.41 Å². The summed E-state index contributed by atoms with van der Waals surface area (Å²) in [6.45, 7) is 2.05. The first kappa shape index (κ1) is 11.5. The summed E-state index contributed by atoms with van der Waals surface area (Å²) in [7, 11) is 0. The fraction of sp³-hybridized carbons (Fsp3) is 0.0667. The van der Waals surface area contributed by atoms with Crippen LogP contribution in [0, 0.1) is 6.92 Å². The van der Waals surface area contributed by atoms with E-state index in [1.807, 2.05) is 53.2 Å². The molecule has 4 nitrogen and oxygen atoms in total. The van der Waals surface area contributed by atoms with Gasteiger partial charge in [0.1, 0.15) is 0 Å². The third-order valence-corrected chi connectivity index (χ3v) is 3.15. The van der Waals surface area contributed by atoms with E-state index in [1.54, 1.807) is 0 Å². The fourth-order valence-corrected chi connectivity index (χ4v) is 2.22. The van der Waals surface area contributed by atoms with Gasteiger partial charge < -0.3 is 5.32 Å². The number of hydrogen-bond acceptors (Lipinski definition) is 2. The lowest BCUT2D eigenvalue weighted by atomic mass is 10.1. The molecule has 1 amide bonds. The molecule has 0 aliphatic rings. The largest absolute Gasteiger partial charge is 0.329 e. The quantitative estimate of drug-likeness (QED) is 0.727. The zero-order valence-corrected chi connectivity index (χ0v) is 10.5. The number of aryl methyl sites for hydroxylation is 1. The van der Waals surface area contributed by atoms with Crippen LogP contribution in [0.3, 0.4) is 0 Å². The standard InChI is InChI=1S/C15H13N3O/c1-11-14-7-2-3-8-18(14)17-15(11)12-5-4-6-13(9-12)16-10-19/h2-10H,1H3,(H,16,19). The monoisotopic (exact) mass is 251 g/mol. The van der Waals surface area contributed by atoms with Gasteiger partial charge >= 0.3 is 0 Å². The van der Waals surface area contributed by atoms with E-state index in [9.17, 15) is 4.79 Å². The molecule has 3 aromatic rings. The number of hydrogen-bond donors (Lipinski definition) is 1. The Bertz CT molecular complexity index is 746. The Morgan fingerprint density at radius 3 is 2.89 bits per heavy atom. The molecule has 3 rings (SSSR count). The van der Waals surface area contributed by atoms with E-state index in [1.165, 1.54) is 0 Å². The molecule has 1 N–H and O–H groups in total. The lowest BCUT2D eigenvalue weighted by molar-refractivity contribution is -0.105. The SMILES string of the molecule is Cc1c(-c2cccc(NC=O)c2)nn2ccccc12. The Morgan fingerprint density at radius 2 is 2.11 bits per heavy atom. The van der Waals surface area contributed by atoms with Gasteiger partial charge in [0.25, 0.3) is 0 Å². The van der Waals surface area contributed by atoms with Crippen LogP contribution in [0.25, 0.3) is 16.8 Å². The number of carbonyl (C=O) groups excluding carboxylic acids is 1. The minimum Gasteiger partial charge on any atom is -0.329 e. The van der Waals surface area contributed by atoms with E-state index >= 15 is 0 Å². The highest BCUT2D eigenvalue weighted by molar-refractivity contribution is 5.78. The topological polar surface area (TPSA) is 46.4 Å². The molecule has 0 fully saturated rings. The second-order valence-corrected chi connectivity index (χ2v) is 4.35. The van der Waals surface area contributed by atoms with Crippen molar-refractivity contribution in [2.45, 2.75) is 6.92 Å². The maximum Gasteiger partial charge on any atom is 0.211 e. The number of fused-ring (bicyclic) bond motifs is 1. The van der Waals surface area contributed by atoms with E-state index < -0.39 is 0 Å². The molecule has 2 heterocycles. The van der Waals surface area contributed by atoms with Gasteiger partial charge in [-0.15, -0.1) is 0 Å². The third-order valence-electron chi connectivity index (χ3n) is 3.15. The number of nitrogens with one attached hydrogen (secondary N) is 1. The lowest BCUT2D eigenvalue weighted by Crippen LogP contribution is -1.93. The number of benzene rings is 1. The molecule has 0 bridgehead atoms. The van der Waals surface area contributed by atoms with Crippen LogP contribution in [-0.2, 0) is 4.79 Å². The average molecular weight is 251 g/mol. The number of amides is 1. The molecule has 0 unspecified atom stereocenters. The molecule has 94 valence electrons. The van der Waals surface area contributed by atoms with Crippen LogP contribution in [0.4, 0.5) is 5.69 Å². The van der Waals surface area contributed by atoms with Crippen LogP contribution in [-0.4, -0.2) is 16.0 Å². The summed E-state index contributed by atoms with van der Waals surface area (Å²) >= 11 is 0. The molecule has 1 aromatic carbocycles. The normalized spacial score (nSPS) is 10.6. The lowest BCUT2D eigenvalue weighted by Gasteiger charge is -2.02. The number of anilines is 1. The summed E-state index contributed by atoms with van der Waals surface area (Å²) in [6, 6.07) is 13.7. The van der Waals surface area contributed by atoms with Gasteiger partial charge in [-0.2, -0.15) is 5.10 Å². The van der Waals surface area contributed by atoms with Crippen LogP contribution in [0.5, 0.6) is 0 Å². The van der Waals surface area contributed by atoms with Gasteiger partial charge in [-0.05, 0) is 31.2 Å². The van der Waals surface area contributed by atoms with Crippen LogP contribution >= 0.6 is 0 Å². The molecular weight excluding hydrogens is 238 g/mol. The van der Waals surface area contributed by atoms with Crippen LogP contribution in [0.2, 0.25) is 0 Å². The maximum atomic E-state index is 10.5. The Balaban J connectivity index is 2.16. The van der Waals surface area contributed by atoms with Gasteiger partial charge in [-0.1, -0.05) is 18.2 Å². The summed E-state index contributed by atoms with van der Waals surface area (Å²) < 4.78 is 1.87. The summed E-state index contributed by atoms with van der Waals surface area (Å²) in [5, 5.41) is 7.24. The van der Waals surface area contributed by atoms with E-state index in [2.05, 4.69) is 17.3 Å². The van der Waals surface area contributed by atoms with Crippen molar-refractivity contribution in [1.82, 2.24) is 9.61 Å². The summed E-state index contributed by atoms with van der Waals surface area (Å²) in [6.07, 6.45) is 2.61. The number of aromatic nitrogens is 2. The molecular formula is C15H13N3O. The Labute approximate surface area is 110 Å². The minimum absolute atomic E-state index is 0.676. The van der Waals surface area contributed by atoms with Gasteiger partial charge in [0, 0.05) is 23.0 Å². The fourth-order valence-electron chi connectivity index (χ4n) is 2.22. The highest BCUT2D eigenvalue weighted by Crippen LogP contribution is 2.26. The van der Waals surface area contributed by atoms with Crippen molar-refractivity contribution in [1.29, 1.82) is 0 Å². The molecule has 19 heavy (non-hydrogen) atoms. The van der Waals surface area contributed by atoms with Crippen molar-refractivity contribution in [2.24, 2.45) is 0 Å². The average Bonchev–Trinajstić information content (AvgIpc) is 2.78. The second-order valence-electron chi connectivity index (χ2n) is 4.35. The van der Waals surface area contributed by atoms with Crippen molar-refractivity contribution in [3.8, 4) is 11.3 Å². The molecule has 0 spiro atoms. The Morgan fingerprint density at radius 1 is 1.21 bits per heavy atom. The molecule has 0 radical (unpaired) electrons. The maximum absolute atomic E-state index is 10.5. The minimum atomic E-state index is 0.676. The predicted octanol–water partition coefficient (Wildman–Crippen LogP) is 2.88. The Kier molecular flexibility index (Phi) is 2.76. The van der Waals surface area contributed by atoms with Gasteiger partial charge in [-0.3, -0.25) is 4.79 Å². The molecule has 0 saturated carbocycles. The van der Waals surface area contributed by atoms with E-state index in [-0.39, 0.29) is 0 Å². The predicted molar refractivity (Wildman–Crippen MR) is 75.1 cm³/mol. The van der Waals surface area contributed by atoms with Gasteiger partial charge in [0.2, 0.25) is 6.41 Å². The highest BCUT2D eigenvalue weighted by Gasteiger charge is 2.10. The number of nitrogens with zero attached hydrogens (tertiary/aromatic N) is 2. The summed E-state index contributed by atoms with van der Waals surface area (Å²) in [5.41, 5.74) is 4.91. The van der Waals surface area contributed by atoms with Gasteiger partial charge in [0.15, 0.2) is 0 Å². The number of pyridine rings is 1. The third kappa shape index (κ3) is 1.97. The van der Waals surface area contributed by atoms with Gasteiger partial charge in [0.05, 0.1) is 11.2 Å². The van der Waals surface area contributed by atoms with Crippen molar-refractivity contribution in [3.63, 3.8) is 0 Å². The number of carbonyl (C=O) groups is 1. The van der Waals surface area contributed by atoms with E-state index in [0.717, 1.165) is 28.0 Å². The van der Waals surface area contributed by atoms with E-state index in [4.69, 9.17) is 0 Å². The zero-order valence-electron chi connectivity index (χ0n) is 10.5. The van der Waals surface area contributed by atoms with Crippen molar-refractivity contribution >= 4 is 17.6 Å². The van der Waals surface area contributed by atoms with Crippen LogP contribution in [0.15, 0.2) is 48.7 Å². The first-order valence-corrected chi connectivity index (χ1v) is 6.04. The highest BCUT2D eigenvalue weighted by atomic mass is 16.1. The summed E-state index contributed by atoms with van der Waals surface area (Å²) in [4.78, 5) is 10.5. The Hall–Kier alpha value is -2.62. The molecule has 0 aliphatic heterocycles. The summed E-state index contributed by atoms with van der Waals surface area (Å²) in [5.74, 6) is 0. The molecule has 0 aliphatic carbocycles.